The molecule has 2 heterocycles. The average Bonchev–Trinajstić information content (AvgIpc) is 2.68. The van der Waals surface area contributed by atoms with E-state index in [-0.39, 0.29) is 22.4 Å². The Bertz CT molecular complexity index is 975. The largest absolute Gasteiger partial charge is 0.377 e. The molecule has 1 unspecified atom stereocenters. The number of hydrogen-bond acceptors (Lipinski definition) is 4. The Morgan fingerprint density at radius 3 is 2.29 bits per heavy atom. The van der Waals surface area contributed by atoms with Gasteiger partial charge in [0.05, 0.1) is 16.5 Å². The highest BCUT2D eigenvalue weighted by molar-refractivity contribution is 7.89. The third-order valence-corrected chi connectivity index (χ3v) is 7.81. The molecule has 1 atom stereocenters. The predicted molar refractivity (Wildman–Crippen MR) is 102 cm³/mol. The van der Waals surface area contributed by atoms with E-state index in [0.717, 1.165) is 11.8 Å². The van der Waals surface area contributed by atoms with E-state index in [1.54, 1.807) is 13.2 Å². The van der Waals surface area contributed by atoms with Crippen LogP contribution >= 0.6 is 0 Å². The molecule has 150 valence electrons. The Kier molecular flexibility index (Phi) is 4.89. The fraction of sp³-hybridized carbons (Fsp3) is 0.400. The minimum atomic E-state index is -3.76. The van der Waals surface area contributed by atoms with Gasteiger partial charge < -0.3 is 9.64 Å². The van der Waals surface area contributed by atoms with Gasteiger partial charge in [0.15, 0.2) is 0 Å². The second-order valence-corrected chi connectivity index (χ2v) is 9.22. The summed E-state index contributed by atoms with van der Waals surface area (Å²) in [6, 6.07) is 11.5. The van der Waals surface area contributed by atoms with Crippen molar-refractivity contribution in [3.05, 3.63) is 60.2 Å². The first-order chi connectivity index (χ1) is 13.4. The Balaban J connectivity index is 1.56. The number of piperidine rings is 1. The Hall–Kier alpha value is -2.03. The number of nitrogens with zero attached hydrogens (tertiary/aromatic N) is 2. The molecule has 5 nitrogen and oxygen atoms in total. The van der Waals surface area contributed by atoms with E-state index in [4.69, 9.17) is 4.74 Å². The van der Waals surface area contributed by atoms with Crippen molar-refractivity contribution in [1.29, 1.82) is 0 Å². The molecule has 2 aliphatic rings. The second kappa shape index (κ2) is 7.09. The van der Waals surface area contributed by atoms with Crippen molar-refractivity contribution in [3.63, 3.8) is 0 Å². The third-order valence-electron chi connectivity index (χ3n) is 5.91. The van der Waals surface area contributed by atoms with Gasteiger partial charge in [0, 0.05) is 32.4 Å². The van der Waals surface area contributed by atoms with Crippen LogP contribution < -0.4 is 4.90 Å². The van der Waals surface area contributed by atoms with Crippen LogP contribution in [0.3, 0.4) is 0 Å². The third kappa shape index (κ3) is 3.09. The SMILES string of the molecule is COC1CN(c2cccc(F)c2)C12CCN(S(=O)(=O)c1cccc(F)c1)CC2. The molecular weight excluding hydrogens is 386 g/mol. The Morgan fingerprint density at radius 2 is 1.68 bits per heavy atom. The molecule has 0 bridgehead atoms. The summed E-state index contributed by atoms with van der Waals surface area (Å²) in [7, 11) is -2.11. The van der Waals surface area contributed by atoms with Crippen molar-refractivity contribution < 1.29 is 21.9 Å². The molecule has 0 amide bonds. The zero-order valence-electron chi connectivity index (χ0n) is 15.5. The van der Waals surface area contributed by atoms with E-state index in [9.17, 15) is 17.2 Å². The van der Waals surface area contributed by atoms with Gasteiger partial charge in [-0.15, -0.1) is 0 Å². The van der Waals surface area contributed by atoms with E-state index >= 15 is 0 Å². The molecule has 2 aliphatic heterocycles. The standard InChI is InChI=1S/C20H22F2N2O3S/c1-27-19-14-24(17-6-2-4-15(21)12-17)20(19)8-10-23(11-9-20)28(25,26)18-7-3-5-16(22)13-18/h2-7,12-13,19H,8-11,14H2,1H3. The van der Waals surface area contributed by atoms with Gasteiger partial charge in [0.25, 0.3) is 0 Å². The lowest BCUT2D eigenvalue weighted by Crippen LogP contribution is -2.74. The van der Waals surface area contributed by atoms with Crippen molar-refractivity contribution >= 4 is 15.7 Å². The number of methoxy groups -OCH3 is 1. The van der Waals surface area contributed by atoms with Crippen LogP contribution in [0, 0.1) is 11.6 Å². The minimum absolute atomic E-state index is 0.0395. The molecule has 8 heteroatoms. The summed E-state index contributed by atoms with van der Waals surface area (Å²) in [5.74, 6) is -0.884. The summed E-state index contributed by atoms with van der Waals surface area (Å²) >= 11 is 0. The topological polar surface area (TPSA) is 49.9 Å². The second-order valence-electron chi connectivity index (χ2n) is 7.28. The van der Waals surface area contributed by atoms with Gasteiger partial charge in [-0.2, -0.15) is 4.31 Å². The van der Waals surface area contributed by atoms with Gasteiger partial charge in [0.2, 0.25) is 10.0 Å². The zero-order valence-corrected chi connectivity index (χ0v) is 16.3. The van der Waals surface area contributed by atoms with Crippen LogP contribution in [0.2, 0.25) is 0 Å². The van der Waals surface area contributed by atoms with Gasteiger partial charge >= 0.3 is 0 Å². The van der Waals surface area contributed by atoms with E-state index in [0.29, 0.717) is 32.5 Å². The van der Waals surface area contributed by atoms with Crippen LogP contribution in [-0.2, 0) is 14.8 Å². The first-order valence-corrected chi connectivity index (χ1v) is 10.6. The van der Waals surface area contributed by atoms with Crippen molar-refractivity contribution in [1.82, 2.24) is 4.31 Å². The maximum absolute atomic E-state index is 13.7. The van der Waals surface area contributed by atoms with E-state index < -0.39 is 15.8 Å². The van der Waals surface area contributed by atoms with Gasteiger partial charge in [-0.3, -0.25) is 0 Å². The van der Waals surface area contributed by atoms with E-state index in [2.05, 4.69) is 4.90 Å². The molecule has 4 rings (SSSR count). The molecule has 2 saturated heterocycles. The lowest BCUT2D eigenvalue weighted by atomic mass is 9.73. The fourth-order valence-electron chi connectivity index (χ4n) is 4.36. The smallest absolute Gasteiger partial charge is 0.243 e. The van der Waals surface area contributed by atoms with Crippen LogP contribution in [-0.4, -0.2) is 51.1 Å². The molecule has 0 aliphatic carbocycles. The summed E-state index contributed by atoms with van der Waals surface area (Å²) in [6.45, 7) is 1.23. The molecule has 0 N–H and O–H groups in total. The average molecular weight is 408 g/mol. The molecule has 2 fully saturated rings. The lowest BCUT2D eigenvalue weighted by Gasteiger charge is -2.61. The maximum atomic E-state index is 13.7. The number of sulfonamides is 1. The summed E-state index contributed by atoms with van der Waals surface area (Å²) in [5, 5.41) is 0. The summed E-state index contributed by atoms with van der Waals surface area (Å²) in [6.07, 6.45) is 1.06. The first kappa shape index (κ1) is 19.3. The van der Waals surface area contributed by atoms with E-state index in [1.807, 2.05) is 6.07 Å². The number of benzene rings is 2. The highest BCUT2D eigenvalue weighted by atomic mass is 32.2. The predicted octanol–water partition coefficient (Wildman–Crippen LogP) is 3.02. The molecule has 28 heavy (non-hydrogen) atoms. The Morgan fingerprint density at radius 1 is 1.04 bits per heavy atom. The van der Waals surface area contributed by atoms with Crippen molar-refractivity contribution in [3.8, 4) is 0 Å². The molecule has 2 aromatic carbocycles. The molecular formula is C20H22F2N2O3S. The number of halogens is 2. The van der Waals surface area contributed by atoms with Crippen LogP contribution in [0.5, 0.6) is 0 Å². The summed E-state index contributed by atoms with van der Waals surface area (Å²) < 4.78 is 59.9. The van der Waals surface area contributed by atoms with Gasteiger partial charge in [-0.25, -0.2) is 17.2 Å². The van der Waals surface area contributed by atoms with Gasteiger partial charge in [0.1, 0.15) is 11.6 Å². The number of hydrogen-bond donors (Lipinski definition) is 0. The molecule has 1 spiro atoms. The molecule has 0 saturated carbocycles. The van der Waals surface area contributed by atoms with Crippen LogP contribution in [0.1, 0.15) is 12.8 Å². The zero-order chi connectivity index (χ0) is 19.9. The highest BCUT2D eigenvalue weighted by Gasteiger charge is 2.55. The lowest BCUT2D eigenvalue weighted by molar-refractivity contribution is -0.0383. The maximum Gasteiger partial charge on any atom is 0.243 e. The number of rotatable bonds is 4. The van der Waals surface area contributed by atoms with Crippen molar-refractivity contribution in [2.45, 2.75) is 29.4 Å². The van der Waals surface area contributed by atoms with E-state index in [1.165, 1.54) is 34.6 Å². The monoisotopic (exact) mass is 408 g/mol. The minimum Gasteiger partial charge on any atom is -0.377 e. The normalized spacial score (nSPS) is 22.2. The molecule has 0 aromatic heterocycles. The van der Waals surface area contributed by atoms with Crippen molar-refractivity contribution in [2.24, 2.45) is 0 Å². The van der Waals surface area contributed by atoms with Crippen LogP contribution in [0.15, 0.2) is 53.4 Å². The van der Waals surface area contributed by atoms with Gasteiger partial charge in [-0.1, -0.05) is 12.1 Å². The summed E-state index contributed by atoms with van der Waals surface area (Å²) in [5.41, 5.74) is 0.408. The highest BCUT2D eigenvalue weighted by Crippen LogP contribution is 2.45. The Labute approximate surface area is 163 Å². The number of anilines is 1. The number of ether oxygens (including phenoxy) is 1. The van der Waals surface area contributed by atoms with Crippen LogP contribution in [0.25, 0.3) is 0 Å². The molecule has 2 aromatic rings. The van der Waals surface area contributed by atoms with Crippen molar-refractivity contribution in [2.75, 3.05) is 31.6 Å². The van der Waals surface area contributed by atoms with Gasteiger partial charge in [-0.05, 0) is 49.2 Å². The first-order valence-electron chi connectivity index (χ1n) is 9.18. The summed E-state index contributed by atoms with van der Waals surface area (Å²) in [4.78, 5) is 2.07. The molecule has 0 radical (unpaired) electrons. The van der Waals surface area contributed by atoms with Crippen LogP contribution in [0.4, 0.5) is 14.5 Å². The quantitative estimate of drug-likeness (QED) is 0.781. The fourth-order valence-corrected chi connectivity index (χ4v) is 5.84.